The summed E-state index contributed by atoms with van der Waals surface area (Å²) in [6.45, 7) is 5.88. The summed E-state index contributed by atoms with van der Waals surface area (Å²) in [4.78, 5) is 4.48. The van der Waals surface area contributed by atoms with Crippen molar-refractivity contribution in [3.05, 3.63) is 47.7 Å². The Labute approximate surface area is 168 Å². The molecule has 4 heterocycles. The van der Waals surface area contributed by atoms with E-state index in [1.165, 1.54) is 6.07 Å². The first-order chi connectivity index (χ1) is 13.1. The van der Waals surface area contributed by atoms with Crippen LogP contribution in [0.3, 0.4) is 0 Å². The highest BCUT2D eigenvalue weighted by atomic mass is 35.5. The molecule has 6 nitrogen and oxygen atoms in total. The Hall–Kier alpha value is -2.51. The number of benzene rings is 1. The minimum absolute atomic E-state index is 0. The van der Waals surface area contributed by atoms with E-state index >= 15 is 0 Å². The lowest BCUT2D eigenvalue weighted by Crippen LogP contribution is -2.29. The van der Waals surface area contributed by atoms with E-state index in [2.05, 4.69) is 20.5 Å². The van der Waals surface area contributed by atoms with E-state index in [-0.39, 0.29) is 18.2 Å². The molecule has 0 unspecified atom stereocenters. The van der Waals surface area contributed by atoms with Gasteiger partial charge < -0.3 is 5.32 Å². The number of aromatic nitrogens is 5. The third-order valence-electron chi connectivity index (χ3n) is 5.29. The van der Waals surface area contributed by atoms with Crippen molar-refractivity contribution in [2.75, 3.05) is 13.1 Å². The van der Waals surface area contributed by atoms with Crippen LogP contribution in [-0.2, 0) is 0 Å². The second-order valence-corrected chi connectivity index (χ2v) is 7.35. The highest BCUT2D eigenvalue weighted by Gasteiger charge is 2.18. The number of fused-ring (bicyclic) bond motifs is 2. The number of imidazole rings is 1. The molecule has 1 N–H and O–H groups in total. The van der Waals surface area contributed by atoms with Crippen LogP contribution in [0.4, 0.5) is 4.39 Å². The van der Waals surface area contributed by atoms with Gasteiger partial charge in [0.1, 0.15) is 5.52 Å². The first-order valence-electron chi connectivity index (χ1n) is 9.31. The van der Waals surface area contributed by atoms with E-state index in [0.29, 0.717) is 11.6 Å². The number of halogens is 2. The van der Waals surface area contributed by atoms with Crippen LogP contribution >= 0.6 is 12.4 Å². The maximum absolute atomic E-state index is 14.8. The summed E-state index contributed by atoms with van der Waals surface area (Å²) in [6, 6.07) is 5.78. The van der Waals surface area contributed by atoms with Crippen molar-refractivity contribution in [1.82, 2.24) is 29.7 Å². The molecule has 1 fully saturated rings. The van der Waals surface area contributed by atoms with Crippen molar-refractivity contribution in [3.8, 4) is 11.3 Å². The zero-order valence-corrected chi connectivity index (χ0v) is 16.6. The number of aryl methyl sites for hydroxylation is 2. The van der Waals surface area contributed by atoms with Crippen molar-refractivity contribution in [3.63, 3.8) is 0 Å². The third kappa shape index (κ3) is 3.14. The molecule has 0 radical (unpaired) electrons. The number of nitrogens with one attached hydrogen (secondary N) is 1. The summed E-state index contributed by atoms with van der Waals surface area (Å²) in [5.41, 5.74) is 4.66. The summed E-state index contributed by atoms with van der Waals surface area (Å²) in [5.74, 6) is -0.309. The number of piperidine rings is 1. The molecule has 0 amide bonds. The van der Waals surface area contributed by atoms with Crippen LogP contribution < -0.4 is 5.32 Å². The fourth-order valence-electron chi connectivity index (χ4n) is 3.90. The average molecular weight is 401 g/mol. The molecule has 1 aliphatic rings. The van der Waals surface area contributed by atoms with Crippen molar-refractivity contribution < 1.29 is 4.39 Å². The van der Waals surface area contributed by atoms with Crippen LogP contribution in [0.5, 0.6) is 0 Å². The van der Waals surface area contributed by atoms with Gasteiger partial charge in [0.2, 0.25) is 0 Å². The molecular formula is C20H22ClFN6. The number of nitrogens with zero attached hydrogens (tertiary/aromatic N) is 5. The van der Waals surface area contributed by atoms with Gasteiger partial charge in [0.05, 0.1) is 23.6 Å². The third-order valence-corrected chi connectivity index (χ3v) is 5.29. The standard InChI is InChI=1S/C20H21FN6.ClH/c1-12-7-18(24-27-10-13(2)23-20(12)27)14-8-15-11-26(16-3-5-22-6-4-16)25-19(15)17(21)9-14;/h7-11,16,22H,3-6H2,1-2H3;1H. The van der Waals surface area contributed by atoms with E-state index in [4.69, 9.17) is 0 Å². The number of hydrogen-bond acceptors (Lipinski definition) is 4. The summed E-state index contributed by atoms with van der Waals surface area (Å²) >= 11 is 0. The van der Waals surface area contributed by atoms with Crippen molar-refractivity contribution in [2.24, 2.45) is 0 Å². The maximum atomic E-state index is 14.8. The molecule has 146 valence electrons. The Bertz CT molecular complexity index is 1160. The van der Waals surface area contributed by atoms with Crippen molar-refractivity contribution in [2.45, 2.75) is 32.7 Å². The first kappa shape index (κ1) is 18.8. The molecule has 1 aliphatic heterocycles. The summed E-state index contributed by atoms with van der Waals surface area (Å²) in [6.07, 6.45) is 5.88. The van der Waals surface area contributed by atoms with Gasteiger partial charge in [0, 0.05) is 17.1 Å². The predicted octanol–water partition coefficient (Wildman–Crippen LogP) is 3.85. The lowest BCUT2D eigenvalue weighted by molar-refractivity contribution is 0.344. The summed E-state index contributed by atoms with van der Waals surface area (Å²) in [7, 11) is 0. The normalized spacial score (nSPS) is 15.2. The van der Waals surface area contributed by atoms with E-state index < -0.39 is 0 Å². The Morgan fingerprint density at radius 3 is 2.64 bits per heavy atom. The Morgan fingerprint density at radius 1 is 1.07 bits per heavy atom. The van der Waals surface area contributed by atoms with Gasteiger partial charge in [-0.3, -0.25) is 4.68 Å². The molecule has 1 aromatic carbocycles. The van der Waals surface area contributed by atoms with E-state index in [1.54, 1.807) is 4.52 Å². The summed E-state index contributed by atoms with van der Waals surface area (Å²) in [5, 5.41) is 13.3. The molecule has 28 heavy (non-hydrogen) atoms. The second kappa shape index (κ2) is 7.14. The van der Waals surface area contributed by atoms with Crippen molar-refractivity contribution in [1.29, 1.82) is 0 Å². The van der Waals surface area contributed by atoms with Crippen LogP contribution in [0.2, 0.25) is 0 Å². The molecule has 5 rings (SSSR count). The zero-order chi connectivity index (χ0) is 18.5. The number of rotatable bonds is 2. The summed E-state index contributed by atoms with van der Waals surface area (Å²) < 4.78 is 18.5. The first-order valence-corrected chi connectivity index (χ1v) is 9.31. The fourth-order valence-corrected chi connectivity index (χ4v) is 3.90. The molecule has 1 saturated heterocycles. The van der Waals surface area contributed by atoms with E-state index in [1.807, 2.05) is 43.1 Å². The average Bonchev–Trinajstić information content (AvgIpc) is 3.26. The fraction of sp³-hybridized carbons (Fsp3) is 0.350. The van der Waals surface area contributed by atoms with Gasteiger partial charge in [-0.15, -0.1) is 12.4 Å². The van der Waals surface area contributed by atoms with Crippen LogP contribution in [-0.4, -0.2) is 37.5 Å². The largest absolute Gasteiger partial charge is 0.317 e. The van der Waals surface area contributed by atoms with Gasteiger partial charge in [0.15, 0.2) is 11.5 Å². The topological polar surface area (TPSA) is 60.0 Å². The van der Waals surface area contributed by atoms with Crippen LogP contribution in [0.15, 0.2) is 30.6 Å². The van der Waals surface area contributed by atoms with E-state index in [0.717, 1.165) is 59.5 Å². The van der Waals surface area contributed by atoms with Crippen LogP contribution in [0.1, 0.15) is 30.1 Å². The quantitative estimate of drug-likeness (QED) is 0.555. The molecule has 0 atom stereocenters. The SMILES string of the molecule is Cc1cn2nc(-c3cc(F)c4nn(C5CCNCC5)cc4c3)cc(C)c2n1.Cl. The van der Waals surface area contributed by atoms with Gasteiger partial charge in [-0.25, -0.2) is 13.9 Å². The maximum Gasteiger partial charge on any atom is 0.156 e. The van der Waals surface area contributed by atoms with Gasteiger partial charge in [-0.1, -0.05) is 0 Å². The highest BCUT2D eigenvalue weighted by Crippen LogP contribution is 2.28. The highest BCUT2D eigenvalue weighted by molar-refractivity contribution is 5.85. The lowest BCUT2D eigenvalue weighted by atomic mass is 10.1. The van der Waals surface area contributed by atoms with Gasteiger partial charge >= 0.3 is 0 Å². The molecule has 0 saturated carbocycles. The molecular weight excluding hydrogens is 379 g/mol. The van der Waals surface area contributed by atoms with Crippen LogP contribution in [0, 0.1) is 19.7 Å². The molecule has 0 aliphatic carbocycles. The Balaban J connectivity index is 0.00000192. The number of hydrogen-bond donors (Lipinski definition) is 1. The van der Waals surface area contributed by atoms with Gasteiger partial charge in [-0.2, -0.15) is 10.2 Å². The minimum Gasteiger partial charge on any atom is -0.317 e. The van der Waals surface area contributed by atoms with Gasteiger partial charge in [0.25, 0.3) is 0 Å². The second-order valence-electron chi connectivity index (χ2n) is 7.35. The molecule has 3 aromatic heterocycles. The lowest BCUT2D eigenvalue weighted by Gasteiger charge is -2.22. The molecule has 0 bridgehead atoms. The van der Waals surface area contributed by atoms with E-state index in [9.17, 15) is 4.39 Å². The monoisotopic (exact) mass is 400 g/mol. The Kier molecular flexibility index (Phi) is 4.81. The van der Waals surface area contributed by atoms with Gasteiger partial charge in [-0.05, 0) is 63.5 Å². The minimum atomic E-state index is -0.309. The molecule has 8 heteroatoms. The van der Waals surface area contributed by atoms with Crippen molar-refractivity contribution >= 4 is 29.0 Å². The van der Waals surface area contributed by atoms with Crippen LogP contribution in [0.25, 0.3) is 27.8 Å². The molecule has 0 spiro atoms. The Morgan fingerprint density at radius 2 is 1.86 bits per heavy atom. The molecule has 4 aromatic rings. The predicted molar refractivity (Wildman–Crippen MR) is 110 cm³/mol. The zero-order valence-electron chi connectivity index (χ0n) is 15.8. The smallest absolute Gasteiger partial charge is 0.156 e.